The number of nitrogens with one attached hydrogen (secondary N) is 1. The van der Waals surface area contributed by atoms with E-state index < -0.39 is 64.9 Å². The van der Waals surface area contributed by atoms with Crippen LogP contribution in [0.2, 0.25) is 0 Å². The van der Waals surface area contributed by atoms with Gasteiger partial charge in [-0.05, 0) is 43.6 Å². The van der Waals surface area contributed by atoms with E-state index in [-0.39, 0.29) is 17.0 Å². The van der Waals surface area contributed by atoms with Crippen LogP contribution in [0.4, 0.5) is 33.5 Å². The van der Waals surface area contributed by atoms with Gasteiger partial charge in [-0.2, -0.15) is 13.2 Å². The number of nitrogens with zero attached hydrogens (tertiary/aromatic N) is 3. The number of hydrogen-bond acceptors (Lipinski definition) is 5. The summed E-state index contributed by atoms with van der Waals surface area (Å²) in [7, 11) is 0. The van der Waals surface area contributed by atoms with Crippen molar-refractivity contribution in [3.05, 3.63) is 76.9 Å². The summed E-state index contributed by atoms with van der Waals surface area (Å²) in [6.07, 6.45) is -5.54. The van der Waals surface area contributed by atoms with Gasteiger partial charge >= 0.3 is 6.18 Å². The number of benzene rings is 2. The minimum absolute atomic E-state index is 0.0863. The van der Waals surface area contributed by atoms with Gasteiger partial charge in [0.15, 0.2) is 17.7 Å². The summed E-state index contributed by atoms with van der Waals surface area (Å²) in [5.74, 6) is -5.11. The lowest BCUT2D eigenvalue weighted by Gasteiger charge is -2.15. The first kappa shape index (κ1) is 20.3. The summed E-state index contributed by atoms with van der Waals surface area (Å²) in [5, 5.41) is 12.1. The van der Waals surface area contributed by atoms with Crippen LogP contribution >= 0.6 is 0 Å². The second-order valence-electron chi connectivity index (χ2n) is 7.57. The molecule has 0 fully saturated rings. The van der Waals surface area contributed by atoms with Crippen molar-refractivity contribution in [1.82, 2.24) is 14.4 Å². The maximum absolute atomic E-state index is 15.2. The van der Waals surface area contributed by atoms with Crippen molar-refractivity contribution in [2.75, 3.05) is 11.1 Å². The first-order valence-electron chi connectivity index (χ1n) is 11.4. The number of anilines is 2. The van der Waals surface area contributed by atoms with Crippen LogP contribution in [0, 0.1) is 25.4 Å². The lowest BCUT2D eigenvalue weighted by atomic mass is 10.0. The number of hydrogen-bond donors (Lipinski definition) is 3. The van der Waals surface area contributed by atoms with Crippen LogP contribution in [0.5, 0.6) is 0 Å². The normalized spacial score (nSPS) is 14.3. The predicted octanol–water partition coefficient (Wildman–Crippen LogP) is 4.56. The van der Waals surface area contributed by atoms with E-state index in [1.165, 1.54) is 6.20 Å². The largest absolute Gasteiger partial charge is 0.416 e. The Morgan fingerprint density at radius 2 is 1.94 bits per heavy atom. The second kappa shape index (κ2) is 8.62. The maximum atomic E-state index is 15.2. The Labute approximate surface area is 199 Å². The summed E-state index contributed by atoms with van der Waals surface area (Å²) in [6, 6.07) is 5.25. The summed E-state index contributed by atoms with van der Waals surface area (Å²) in [6.45, 7) is -1.20. The van der Waals surface area contributed by atoms with Crippen molar-refractivity contribution in [3.63, 3.8) is 0 Å². The highest BCUT2D eigenvalue weighted by atomic mass is 19.4. The van der Waals surface area contributed by atoms with Gasteiger partial charge in [-0.15, -0.1) is 0 Å². The molecule has 2 aromatic carbocycles. The molecule has 1 amide bonds. The Morgan fingerprint density at radius 3 is 2.63 bits per heavy atom. The molecular weight excluding hydrogens is 473 g/mol. The van der Waals surface area contributed by atoms with E-state index >= 15 is 4.39 Å². The topological polar surface area (TPSA) is 106 Å². The number of nitrogens with two attached hydrogens (primary N) is 1. The molecule has 0 unspecified atom stereocenters. The fourth-order valence-electron chi connectivity index (χ4n) is 3.52. The van der Waals surface area contributed by atoms with Crippen LogP contribution < -0.4 is 11.1 Å². The number of aliphatic hydroxyl groups excluding tert-OH is 1. The van der Waals surface area contributed by atoms with E-state index in [0.29, 0.717) is 11.8 Å². The molecule has 0 aliphatic carbocycles. The lowest BCUT2D eigenvalue weighted by molar-refractivity contribution is -0.138. The Bertz CT molecular complexity index is 1570. The number of halogens is 5. The van der Waals surface area contributed by atoms with Gasteiger partial charge in [0, 0.05) is 15.9 Å². The number of aryl methyl sites for hydroxylation is 2. The van der Waals surface area contributed by atoms with Crippen LogP contribution in [0.15, 0.2) is 42.6 Å². The minimum Gasteiger partial charge on any atom is -0.382 e. The van der Waals surface area contributed by atoms with E-state index in [1.807, 2.05) is 5.32 Å². The van der Waals surface area contributed by atoms with E-state index in [9.17, 15) is 27.5 Å². The van der Waals surface area contributed by atoms with Crippen LogP contribution in [0.3, 0.4) is 0 Å². The molecule has 182 valence electrons. The average Bonchev–Trinajstić information content (AvgIpc) is 3.21. The zero-order valence-electron chi connectivity index (χ0n) is 20.8. The Kier molecular flexibility index (Phi) is 5.00. The number of aromatic nitrogens is 3. The molecular formula is C23H18F5N5O2. The average molecular weight is 494 g/mol. The zero-order chi connectivity index (χ0) is 28.2. The molecule has 2 aromatic heterocycles. The van der Waals surface area contributed by atoms with Crippen molar-refractivity contribution in [2.24, 2.45) is 0 Å². The third kappa shape index (κ3) is 4.39. The molecule has 0 saturated heterocycles. The molecule has 1 atom stereocenters. The number of nitrogen functional groups attached to an aromatic ring is 1. The number of amides is 1. The molecule has 2 heterocycles. The lowest BCUT2D eigenvalue weighted by Crippen LogP contribution is -2.22. The monoisotopic (exact) mass is 494 g/mol. The molecule has 0 aliphatic rings. The highest BCUT2D eigenvalue weighted by Gasteiger charge is 2.32. The van der Waals surface area contributed by atoms with Gasteiger partial charge in [-0.25, -0.2) is 18.7 Å². The third-order valence-corrected chi connectivity index (χ3v) is 5.14. The number of fused-ring (bicyclic) bond motifs is 1. The van der Waals surface area contributed by atoms with Crippen molar-refractivity contribution in [1.29, 1.82) is 0 Å². The van der Waals surface area contributed by atoms with Crippen LogP contribution in [0.25, 0.3) is 16.8 Å². The molecule has 12 heteroatoms. The highest BCUT2D eigenvalue weighted by molar-refractivity contribution is 5.95. The van der Waals surface area contributed by atoms with Crippen molar-refractivity contribution < 1.29 is 36.0 Å². The van der Waals surface area contributed by atoms with E-state index in [4.69, 9.17) is 9.85 Å². The third-order valence-electron chi connectivity index (χ3n) is 5.14. The molecule has 7 nitrogen and oxygen atoms in total. The van der Waals surface area contributed by atoms with Crippen molar-refractivity contribution >= 4 is 22.9 Å². The molecule has 0 aliphatic heterocycles. The van der Waals surface area contributed by atoms with Gasteiger partial charge in [-0.1, -0.05) is 12.1 Å². The van der Waals surface area contributed by atoms with Crippen LogP contribution in [0.1, 0.15) is 32.9 Å². The van der Waals surface area contributed by atoms with Crippen molar-refractivity contribution in [2.45, 2.75) is 26.1 Å². The molecule has 0 spiro atoms. The Hall–Kier alpha value is -4.06. The highest BCUT2D eigenvalue weighted by Crippen LogP contribution is 2.34. The zero-order valence-corrected chi connectivity index (χ0v) is 17.8. The fourth-order valence-corrected chi connectivity index (χ4v) is 3.52. The molecule has 0 bridgehead atoms. The summed E-state index contributed by atoms with van der Waals surface area (Å²) in [5.41, 5.74) is 3.10. The number of rotatable bonds is 4. The van der Waals surface area contributed by atoms with E-state index in [1.54, 1.807) is 6.92 Å². The first-order chi connectivity index (χ1) is 17.6. The number of carbonyl (C=O) groups excluding carboxylic acids is 1. The van der Waals surface area contributed by atoms with Crippen LogP contribution in [-0.2, 0) is 11.0 Å². The smallest absolute Gasteiger partial charge is 0.382 e. The quantitative estimate of drug-likeness (QED) is 0.361. The van der Waals surface area contributed by atoms with Crippen molar-refractivity contribution in [3.8, 4) is 11.3 Å². The van der Waals surface area contributed by atoms with E-state index in [2.05, 4.69) is 9.97 Å². The molecule has 35 heavy (non-hydrogen) atoms. The Morgan fingerprint density at radius 1 is 1.20 bits per heavy atom. The van der Waals surface area contributed by atoms with Gasteiger partial charge in [0.25, 0.3) is 5.91 Å². The summed E-state index contributed by atoms with van der Waals surface area (Å²) >= 11 is 0. The number of aliphatic hydroxyl groups is 1. The predicted molar refractivity (Wildman–Crippen MR) is 117 cm³/mol. The van der Waals surface area contributed by atoms with Gasteiger partial charge in [0.05, 0.1) is 16.9 Å². The summed E-state index contributed by atoms with van der Waals surface area (Å²) < 4.78 is 93.3. The second-order valence-corrected chi connectivity index (χ2v) is 7.57. The maximum Gasteiger partial charge on any atom is 0.416 e. The number of imidazole rings is 1. The van der Waals surface area contributed by atoms with E-state index in [0.717, 1.165) is 34.7 Å². The minimum atomic E-state index is -4.73. The first-order valence-corrected chi connectivity index (χ1v) is 9.89. The molecule has 0 radical (unpaired) electrons. The standard InChI is InChI=1S/C23H18F5N5O2/c1-10-9-33-11(2)31-18(19(33)21(29)30-10)14-6-7-15(17(25)16(14)24)32-22(35)20(34)12-4-3-5-13(8-12)23(26,27)28/h3-9,20,34H,1-2H3,(H2,29,30)(H,32,35)/t20-/m1/s1/i2D3. The van der Waals surface area contributed by atoms with Gasteiger partial charge in [-0.3, -0.25) is 9.20 Å². The van der Waals surface area contributed by atoms with Gasteiger partial charge in [0.2, 0.25) is 0 Å². The molecule has 4 rings (SSSR count). The van der Waals surface area contributed by atoms with Crippen LogP contribution in [-0.4, -0.2) is 25.4 Å². The summed E-state index contributed by atoms with van der Waals surface area (Å²) in [4.78, 5) is 20.4. The fraction of sp³-hybridized carbons (Fsp3) is 0.174. The SMILES string of the molecule is [2H]C([2H])([2H])c1nc(-c2ccc(NC(=O)[C@H](O)c3cccc(C(F)(F)F)c3)c(F)c2F)c2c(N)nc(C)cn12. The number of carbonyl (C=O) groups is 1. The number of alkyl halides is 3. The molecule has 4 aromatic rings. The van der Waals surface area contributed by atoms with Gasteiger partial charge < -0.3 is 16.2 Å². The van der Waals surface area contributed by atoms with Gasteiger partial charge in [0.1, 0.15) is 22.9 Å². The molecule has 0 saturated carbocycles. The Balaban J connectivity index is 1.71. The molecule has 4 N–H and O–H groups in total.